The standard InChI is InChI=1S/C19H25NO5/c1-3-20-13-16(19(22)23)18(21)15-12-14(7-8-17(15)20)6-5-9-25-11-10-24-4-2/h7-8,12-13H,3-6,9-11H2,1-2H3,(H,22,23). The Labute approximate surface area is 147 Å². The van der Waals surface area contributed by atoms with Crippen molar-refractivity contribution in [2.45, 2.75) is 33.2 Å². The van der Waals surface area contributed by atoms with Crippen LogP contribution < -0.4 is 5.43 Å². The van der Waals surface area contributed by atoms with Gasteiger partial charge in [-0.25, -0.2) is 4.79 Å². The third-order valence-corrected chi connectivity index (χ3v) is 4.05. The number of aromatic carboxylic acids is 1. The summed E-state index contributed by atoms with van der Waals surface area (Å²) in [6.45, 7) is 6.96. The minimum Gasteiger partial charge on any atom is -0.477 e. The summed E-state index contributed by atoms with van der Waals surface area (Å²) in [5.74, 6) is -1.19. The molecule has 6 nitrogen and oxygen atoms in total. The maximum absolute atomic E-state index is 12.4. The molecule has 2 rings (SSSR count). The number of benzene rings is 1. The Morgan fingerprint density at radius 2 is 1.92 bits per heavy atom. The molecule has 1 heterocycles. The molecular weight excluding hydrogens is 322 g/mol. The fourth-order valence-corrected chi connectivity index (χ4v) is 2.76. The Bertz CT molecular complexity index is 781. The lowest BCUT2D eigenvalue weighted by Gasteiger charge is -2.11. The van der Waals surface area contributed by atoms with Crippen molar-refractivity contribution in [1.29, 1.82) is 0 Å². The van der Waals surface area contributed by atoms with Crippen LogP contribution in [0, 0.1) is 0 Å². The summed E-state index contributed by atoms with van der Waals surface area (Å²) in [7, 11) is 0. The van der Waals surface area contributed by atoms with E-state index >= 15 is 0 Å². The molecule has 0 aliphatic carbocycles. The van der Waals surface area contributed by atoms with E-state index in [0.29, 0.717) is 38.4 Å². The first kappa shape index (κ1) is 19.1. The van der Waals surface area contributed by atoms with E-state index in [1.807, 2.05) is 26.0 Å². The van der Waals surface area contributed by atoms with Crippen molar-refractivity contribution in [3.8, 4) is 0 Å². The lowest BCUT2D eigenvalue weighted by atomic mass is 10.0. The molecule has 0 aliphatic rings. The Morgan fingerprint density at radius 1 is 1.16 bits per heavy atom. The van der Waals surface area contributed by atoms with Crippen molar-refractivity contribution >= 4 is 16.9 Å². The molecule has 1 aromatic carbocycles. The van der Waals surface area contributed by atoms with Crippen molar-refractivity contribution in [2.24, 2.45) is 0 Å². The molecule has 1 aromatic heterocycles. The first-order valence-electron chi connectivity index (χ1n) is 8.63. The first-order chi connectivity index (χ1) is 12.1. The van der Waals surface area contributed by atoms with Gasteiger partial charge >= 0.3 is 5.97 Å². The number of ether oxygens (including phenoxy) is 2. The van der Waals surface area contributed by atoms with E-state index in [4.69, 9.17) is 9.47 Å². The van der Waals surface area contributed by atoms with E-state index in [1.165, 1.54) is 6.20 Å². The van der Waals surface area contributed by atoms with Crippen LogP contribution in [0.2, 0.25) is 0 Å². The predicted molar refractivity (Wildman–Crippen MR) is 96.5 cm³/mol. The van der Waals surface area contributed by atoms with Crippen molar-refractivity contribution in [2.75, 3.05) is 26.4 Å². The highest BCUT2D eigenvalue weighted by Gasteiger charge is 2.14. The SMILES string of the molecule is CCOCCOCCCc1ccc2c(c1)c(=O)c(C(=O)O)cn2CC. The minimum atomic E-state index is -1.19. The van der Waals surface area contributed by atoms with Crippen molar-refractivity contribution in [3.63, 3.8) is 0 Å². The number of pyridine rings is 1. The van der Waals surface area contributed by atoms with Crippen LogP contribution in [0.1, 0.15) is 36.2 Å². The number of nitrogens with zero attached hydrogens (tertiary/aromatic N) is 1. The zero-order valence-corrected chi connectivity index (χ0v) is 14.8. The number of carbonyl (C=O) groups is 1. The van der Waals surface area contributed by atoms with Gasteiger partial charge in [-0.05, 0) is 44.4 Å². The van der Waals surface area contributed by atoms with Gasteiger partial charge in [0, 0.05) is 31.3 Å². The Hall–Kier alpha value is -2.18. The number of aromatic nitrogens is 1. The number of hydrogen-bond acceptors (Lipinski definition) is 4. The molecule has 0 fully saturated rings. The van der Waals surface area contributed by atoms with Gasteiger partial charge in [0.25, 0.3) is 0 Å². The van der Waals surface area contributed by atoms with Crippen LogP contribution in [0.4, 0.5) is 0 Å². The van der Waals surface area contributed by atoms with Gasteiger partial charge < -0.3 is 19.1 Å². The molecule has 6 heteroatoms. The van der Waals surface area contributed by atoms with Gasteiger partial charge in [-0.2, -0.15) is 0 Å². The second-order valence-electron chi connectivity index (χ2n) is 5.73. The molecule has 0 bridgehead atoms. The summed E-state index contributed by atoms with van der Waals surface area (Å²) in [4.78, 5) is 23.7. The molecule has 0 unspecified atom stereocenters. The van der Waals surface area contributed by atoms with Gasteiger partial charge in [-0.1, -0.05) is 6.07 Å². The summed E-state index contributed by atoms with van der Waals surface area (Å²) in [6.07, 6.45) is 3.02. The minimum absolute atomic E-state index is 0.189. The molecule has 25 heavy (non-hydrogen) atoms. The zero-order chi connectivity index (χ0) is 18.2. The molecule has 0 spiro atoms. The summed E-state index contributed by atoms with van der Waals surface area (Å²) in [6, 6.07) is 5.67. The van der Waals surface area contributed by atoms with Crippen LogP contribution in [0.25, 0.3) is 10.9 Å². The van der Waals surface area contributed by atoms with E-state index in [-0.39, 0.29) is 5.56 Å². The third kappa shape index (κ3) is 4.90. The van der Waals surface area contributed by atoms with Gasteiger partial charge in [0.15, 0.2) is 0 Å². The average Bonchev–Trinajstić information content (AvgIpc) is 2.61. The zero-order valence-electron chi connectivity index (χ0n) is 14.8. The van der Waals surface area contributed by atoms with Crippen LogP contribution in [0.5, 0.6) is 0 Å². The second-order valence-corrected chi connectivity index (χ2v) is 5.73. The number of rotatable bonds is 10. The van der Waals surface area contributed by atoms with E-state index in [2.05, 4.69) is 0 Å². The number of fused-ring (bicyclic) bond motifs is 1. The highest BCUT2D eigenvalue weighted by Crippen LogP contribution is 2.16. The Morgan fingerprint density at radius 3 is 2.60 bits per heavy atom. The molecule has 2 aromatic rings. The van der Waals surface area contributed by atoms with Crippen LogP contribution in [-0.4, -0.2) is 42.1 Å². The molecular formula is C19H25NO5. The average molecular weight is 347 g/mol. The number of carboxylic acid groups (broad SMARTS) is 1. The van der Waals surface area contributed by atoms with Gasteiger partial charge in [-0.3, -0.25) is 4.79 Å². The van der Waals surface area contributed by atoms with Crippen molar-refractivity contribution in [3.05, 3.63) is 45.7 Å². The highest BCUT2D eigenvalue weighted by atomic mass is 16.5. The van der Waals surface area contributed by atoms with Crippen molar-refractivity contribution in [1.82, 2.24) is 4.57 Å². The fourth-order valence-electron chi connectivity index (χ4n) is 2.76. The summed E-state index contributed by atoms with van der Waals surface area (Å²) in [5.41, 5.74) is 1.14. The largest absolute Gasteiger partial charge is 0.477 e. The number of carboxylic acids is 1. The van der Waals surface area contributed by atoms with E-state index in [9.17, 15) is 14.7 Å². The van der Waals surface area contributed by atoms with Gasteiger partial charge in [-0.15, -0.1) is 0 Å². The van der Waals surface area contributed by atoms with Crippen LogP contribution in [0.15, 0.2) is 29.2 Å². The maximum Gasteiger partial charge on any atom is 0.341 e. The van der Waals surface area contributed by atoms with Gasteiger partial charge in [0.1, 0.15) is 5.56 Å². The first-order valence-corrected chi connectivity index (χ1v) is 8.63. The lowest BCUT2D eigenvalue weighted by Crippen LogP contribution is -2.18. The second kappa shape index (κ2) is 9.34. The quantitative estimate of drug-likeness (QED) is 0.669. The van der Waals surface area contributed by atoms with Crippen molar-refractivity contribution < 1.29 is 19.4 Å². The normalized spacial score (nSPS) is 11.1. The molecule has 0 radical (unpaired) electrons. The molecule has 0 atom stereocenters. The van der Waals surface area contributed by atoms with E-state index < -0.39 is 11.4 Å². The molecule has 0 saturated carbocycles. The van der Waals surface area contributed by atoms with E-state index in [0.717, 1.165) is 23.9 Å². The van der Waals surface area contributed by atoms with Crippen LogP contribution in [-0.2, 0) is 22.4 Å². The topological polar surface area (TPSA) is 77.8 Å². The van der Waals surface area contributed by atoms with Gasteiger partial charge in [0.2, 0.25) is 5.43 Å². The smallest absolute Gasteiger partial charge is 0.341 e. The Balaban J connectivity index is 2.11. The molecule has 0 amide bonds. The molecule has 0 saturated heterocycles. The molecule has 0 aliphatic heterocycles. The predicted octanol–water partition coefficient (Wildman–Crippen LogP) is 2.71. The molecule has 136 valence electrons. The number of hydrogen-bond donors (Lipinski definition) is 1. The third-order valence-electron chi connectivity index (χ3n) is 4.05. The fraction of sp³-hybridized carbons (Fsp3) is 0.474. The van der Waals surface area contributed by atoms with Crippen LogP contribution in [0.3, 0.4) is 0 Å². The highest BCUT2D eigenvalue weighted by molar-refractivity contribution is 5.92. The Kier molecular flexibility index (Phi) is 7.16. The maximum atomic E-state index is 12.4. The molecule has 1 N–H and O–H groups in total. The monoisotopic (exact) mass is 347 g/mol. The summed E-state index contributed by atoms with van der Waals surface area (Å²) in [5, 5.41) is 9.69. The summed E-state index contributed by atoms with van der Waals surface area (Å²) < 4.78 is 12.5. The van der Waals surface area contributed by atoms with E-state index in [1.54, 1.807) is 10.6 Å². The van der Waals surface area contributed by atoms with Crippen LogP contribution >= 0.6 is 0 Å². The number of aryl methyl sites for hydroxylation is 2. The lowest BCUT2D eigenvalue weighted by molar-refractivity contribution is 0.0520. The summed E-state index contributed by atoms with van der Waals surface area (Å²) >= 11 is 0. The van der Waals surface area contributed by atoms with Gasteiger partial charge in [0.05, 0.1) is 18.7 Å².